The fourth-order valence-electron chi connectivity index (χ4n) is 2.76. The highest BCUT2D eigenvalue weighted by Gasteiger charge is 2.17. The topological polar surface area (TPSA) is 49.4 Å². The maximum atomic E-state index is 12.2. The number of carbonyl (C=O) groups excluding carboxylic acids is 2. The highest BCUT2D eigenvalue weighted by molar-refractivity contribution is 5.98. The zero-order valence-corrected chi connectivity index (χ0v) is 15.2. The summed E-state index contributed by atoms with van der Waals surface area (Å²) in [5.41, 5.74) is 4.19. The molecule has 0 spiro atoms. The maximum Gasteiger partial charge on any atom is 0.240 e. The molecule has 0 aliphatic carbocycles. The van der Waals surface area contributed by atoms with E-state index in [2.05, 4.69) is 17.4 Å². The molecule has 0 unspecified atom stereocenters. The molecule has 0 saturated carbocycles. The SMILES string of the molecule is CC(=O)N(CC(=O)NCCCc1ccccc1)c1cccc(C)c1C. The van der Waals surface area contributed by atoms with Gasteiger partial charge in [-0.15, -0.1) is 0 Å². The third-order valence-corrected chi connectivity index (χ3v) is 4.36. The molecule has 2 rings (SSSR count). The summed E-state index contributed by atoms with van der Waals surface area (Å²) < 4.78 is 0. The number of carbonyl (C=O) groups is 2. The predicted molar refractivity (Wildman–Crippen MR) is 102 cm³/mol. The lowest BCUT2D eigenvalue weighted by atomic mass is 10.1. The fraction of sp³-hybridized carbons (Fsp3) is 0.333. The number of nitrogens with zero attached hydrogens (tertiary/aromatic N) is 1. The number of rotatable bonds is 7. The Morgan fingerprint density at radius 2 is 1.72 bits per heavy atom. The Labute approximate surface area is 149 Å². The van der Waals surface area contributed by atoms with Crippen molar-refractivity contribution in [2.45, 2.75) is 33.6 Å². The second-order valence-electron chi connectivity index (χ2n) is 6.26. The second-order valence-corrected chi connectivity index (χ2v) is 6.26. The summed E-state index contributed by atoms with van der Waals surface area (Å²) in [7, 11) is 0. The molecular formula is C21H26N2O2. The number of hydrogen-bond donors (Lipinski definition) is 1. The molecule has 0 bridgehead atoms. The smallest absolute Gasteiger partial charge is 0.240 e. The molecule has 1 N–H and O–H groups in total. The Kier molecular flexibility index (Phi) is 6.75. The van der Waals surface area contributed by atoms with Crippen molar-refractivity contribution < 1.29 is 9.59 Å². The Morgan fingerprint density at radius 3 is 2.40 bits per heavy atom. The van der Waals surface area contributed by atoms with Crippen molar-refractivity contribution in [1.29, 1.82) is 0 Å². The highest BCUT2D eigenvalue weighted by Crippen LogP contribution is 2.22. The van der Waals surface area contributed by atoms with Crippen molar-refractivity contribution in [2.75, 3.05) is 18.0 Å². The van der Waals surface area contributed by atoms with Crippen LogP contribution in [0.4, 0.5) is 5.69 Å². The van der Waals surface area contributed by atoms with Crippen molar-refractivity contribution in [2.24, 2.45) is 0 Å². The van der Waals surface area contributed by atoms with Gasteiger partial charge in [0, 0.05) is 19.2 Å². The predicted octanol–water partition coefficient (Wildman–Crippen LogP) is 3.41. The first-order chi connectivity index (χ1) is 12.0. The van der Waals surface area contributed by atoms with E-state index in [1.54, 1.807) is 0 Å². The van der Waals surface area contributed by atoms with Crippen molar-refractivity contribution in [3.8, 4) is 0 Å². The van der Waals surface area contributed by atoms with Crippen molar-refractivity contribution >= 4 is 17.5 Å². The molecule has 0 aromatic heterocycles. The van der Waals surface area contributed by atoms with Gasteiger partial charge in [0.1, 0.15) is 6.54 Å². The number of anilines is 1. The van der Waals surface area contributed by atoms with Gasteiger partial charge in [-0.2, -0.15) is 0 Å². The zero-order valence-electron chi connectivity index (χ0n) is 15.2. The number of amides is 2. The van der Waals surface area contributed by atoms with E-state index in [0.29, 0.717) is 6.54 Å². The molecule has 0 fully saturated rings. The largest absolute Gasteiger partial charge is 0.355 e. The molecule has 0 radical (unpaired) electrons. The molecule has 0 saturated heterocycles. The lowest BCUT2D eigenvalue weighted by Gasteiger charge is -2.23. The Balaban J connectivity index is 1.88. The van der Waals surface area contributed by atoms with Crippen LogP contribution in [0.1, 0.15) is 30.0 Å². The third-order valence-electron chi connectivity index (χ3n) is 4.36. The van der Waals surface area contributed by atoms with E-state index in [1.807, 2.05) is 50.2 Å². The summed E-state index contributed by atoms with van der Waals surface area (Å²) in [6.45, 7) is 6.11. The van der Waals surface area contributed by atoms with Gasteiger partial charge >= 0.3 is 0 Å². The molecule has 132 valence electrons. The van der Waals surface area contributed by atoms with Crippen molar-refractivity contribution in [3.05, 3.63) is 65.2 Å². The van der Waals surface area contributed by atoms with Crippen LogP contribution in [0.15, 0.2) is 48.5 Å². The van der Waals surface area contributed by atoms with E-state index in [1.165, 1.54) is 17.4 Å². The first-order valence-corrected chi connectivity index (χ1v) is 8.64. The summed E-state index contributed by atoms with van der Waals surface area (Å²) in [5.74, 6) is -0.266. The molecule has 0 heterocycles. The van der Waals surface area contributed by atoms with Gasteiger partial charge in [-0.3, -0.25) is 9.59 Å². The van der Waals surface area contributed by atoms with Crippen LogP contribution in [-0.2, 0) is 16.0 Å². The minimum Gasteiger partial charge on any atom is -0.355 e. The summed E-state index contributed by atoms with van der Waals surface area (Å²) in [6, 6.07) is 16.0. The van der Waals surface area contributed by atoms with Crippen LogP contribution in [0.5, 0.6) is 0 Å². The Morgan fingerprint density at radius 1 is 1.00 bits per heavy atom. The van der Waals surface area contributed by atoms with E-state index in [4.69, 9.17) is 0 Å². The van der Waals surface area contributed by atoms with Gasteiger partial charge in [-0.25, -0.2) is 0 Å². The first kappa shape index (κ1) is 18.7. The lowest BCUT2D eigenvalue weighted by molar-refractivity contribution is -0.123. The molecule has 0 aliphatic rings. The molecule has 2 aromatic rings. The van der Waals surface area contributed by atoms with E-state index in [0.717, 1.165) is 29.7 Å². The molecule has 0 atom stereocenters. The fourth-order valence-corrected chi connectivity index (χ4v) is 2.76. The van der Waals surface area contributed by atoms with Crippen molar-refractivity contribution in [3.63, 3.8) is 0 Å². The van der Waals surface area contributed by atoms with Gasteiger partial charge in [0.25, 0.3) is 0 Å². The third kappa shape index (κ3) is 5.45. The molecule has 2 aromatic carbocycles. The quantitative estimate of drug-likeness (QED) is 0.787. The zero-order chi connectivity index (χ0) is 18.2. The number of nitrogens with one attached hydrogen (secondary N) is 1. The van der Waals surface area contributed by atoms with Crippen LogP contribution < -0.4 is 10.2 Å². The monoisotopic (exact) mass is 338 g/mol. The molecule has 0 aliphatic heterocycles. The normalized spacial score (nSPS) is 10.4. The van der Waals surface area contributed by atoms with Gasteiger partial charge in [0.05, 0.1) is 0 Å². The number of hydrogen-bond acceptors (Lipinski definition) is 2. The minimum atomic E-state index is -0.135. The Bertz CT molecular complexity index is 726. The summed E-state index contributed by atoms with van der Waals surface area (Å²) >= 11 is 0. The maximum absolute atomic E-state index is 12.2. The first-order valence-electron chi connectivity index (χ1n) is 8.64. The lowest BCUT2D eigenvalue weighted by Crippen LogP contribution is -2.40. The van der Waals surface area contributed by atoms with Gasteiger partial charge < -0.3 is 10.2 Å². The van der Waals surface area contributed by atoms with Crippen LogP contribution >= 0.6 is 0 Å². The van der Waals surface area contributed by atoms with E-state index >= 15 is 0 Å². The standard InChI is InChI=1S/C21H26N2O2/c1-16-9-7-13-20(17(16)2)23(18(3)24)15-21(25)22-14-8-12-19-10-5-4-6-11-19/h4-7,9-11,13H,8,12,14-15H2,1-3H3,(H,22,25). The highest BCUT2D eigenvalue weighted by atomic mass is 16.2. The second kappa shape index (κ2) is 9.02. The average molecular weight is 338 g/mol. The molecular weight excluding hydrogens is 312 g/mol. The molecule has 2 amide bonds. The van der Waals surface area contributed by atoms with Gasteiger partial charge in [0.15, 0.2) is 0 Å². The molecule has 25 heavy (non-hydrogen) atoms. The van der Waals surface area contributed by atoms with Gasteiger partial charge in [0.2, 0.25) is 11.8 Å². The molecule has 4 nitrogen and oxygen atoms in total. The van der Waals surface area contributed by atoms with Crippen LogP contribution in [0.2, 0.25) is 0 Å². The van der Waals surface area contributed by atoms with Crippen molar-refractivity contribution in [1.82, 2.24) is 5.32 Å². The number of benzene rings is 2. The Hall–Kier alpha value is -2.62. The summed E-state index contributed by atoms with van der Waals surface area (Å²) in [5, 5.41) is 2.91. The van der Waals surface area contributed by atoms with Crippen LogP contribution in [0, 0.1) is 13.8 Å². The number of aryl methyl sites for hydroxylation is 2. The van der Waals surface area contributed by atoms with Gasteiger partial charge in [-0.1, -0.05) is 42.5 Å². The average Bonchev–Trinajstić information content (AvgIpc) is 2.60. The van der Waals surface area contributed by atoms with Crippen LogP contribution in [0.3, 0.4) is 0 Å². The van der Waals surface area contributed by atoms with Gasteiger partial charge in [-0.05, 0) is 49.4 Å². The van der Waals surface area contributed by atoms with Crippen LogP contribution in [-0.4, -0.2) is 24.9 Å². The van der Waals surface area contributed by atoms with E-state index < -0.39 is 0 Å². The van der Waals surface area contributed by atoms with E-state index in [-0.39, 0.29) is 18.4 Å². The summed E-state index contributed by atoms with van der Waals surface area (Å²) in [6.07, 6.45) is 1.80. The molecule has 4 heteroatoms. The summed E-state index contributed by atoms with van der Waals surface area (Å²) in [4.78, 5) is 25.8. The van der Waals surface area contributed by atoms with E-state index in [9.17, 15) is 9.59 Å². The van der Waals surface area contributed by atoms with Crippen LogP contribution in [0.25, 0.3) is 0 Å². The minimum absolute atomic E-state index is 0.0466.